The standard InChI is InChI=1S/C18H18ClF2NO2S/c19-15-6-4-13(5-7-15)14-3-1-2-10-22(12-14)25(23,24)18-9-8-16(20)11-17(18)21/h4-9,11,14H,1-3,10,12H2. The Hall–Kier alpha value is -1.50. The largest absolute Gasteiger partial charge is 0.246 e. The van der Waals surface area contributed by atoms with Gasteiger partial charge in [0.1, 0.15) is 16.5 Å². The zero-order chi connectivity index (χ0) is 18.0. The van der Waals surface area contributed by atoms with Gasteiger partial charge in [0.15, 0.2) is 0 Å². The molecule has 0 N–H and O–H groups in total. The van der Waals surface area contributed by atoms with Crippen LogP contribution >= 0.6 is 11.6 Å². The van der Waals surface area contributed by atoms with Crippen molar-refractivity contribution < 1.29 is 17.2 Å². The molecule has 0 radical (unpaired) electrons. The van der Waals surface area contributed by atoms with E-state index < -0.39 is 26.6 Å². The number of sulfonamides is 1. The van der Waals surface area contributed by atoms with Crippen LogP contribution in [0.25, 0.3) is 0 Å². The maximum Gasteiger partial charge on any atom is 0.246 e. The van der Waals surface area contributed by atoms with E-state index in [0.717, 1.165) is 30.5 Å². The third-order valence-corrected chi connectivity index (χ3v) is 6.64. The van der Waals surface area contributed by atoms with E-state index in [1.165, 1.54) is 4.31 Å². The molecule has 1 aliphatic rings. The van der Waals surface area contributed by atoms with E-state index in [1.54, 1.807) is 12.1 Å². The molecule has 1 unspecified atom stereocenters. The summed E-state index contributed by atoms with van der Waals surface area (Å²) in [5.41, 5.74) is 1.01. The number of benzene rings is 2. The van der Waals surface area contributed by atoms with Crippen LogP contribution in [-0.2, 0) is 10.0 Å². The lowest BCUT2D eigenvalue weighted by molar-refractivity contribution is 0.402. The highest BCUT2D eigenvalue weighted by Gasteiger charge is 2.31. The highest BCUT2D eigenvalue weighted by atomic mass is 35.5. The summed E-state index contributed by atoms with van der Waals surface area (Å²) in [4.78, 5) is -0.481. The van der Waals surface area contributed by atoms with Crippen molar-refractivity contribution in [3.05, 3.63) is 64.7 Å². The highest BCUT2D eigenvalue weighted by Crippen LogP contribution is 2.31. The van der Waals surface area contributed by atoms with Crippen LogP contribution in [0.3, 0.4) is 0 Å². The molecule has 1 atom stereocenters. The molecule has 0 spiro atoms. The number of halogens is 3. The molecule has 0 bridgehead atoms. The average molecular weight is 386 g/mol. The molecule has 1 aliphatic heterocycles. The van der Waals surface area contributed by atoms with Gasteiger partial charge in [0.25, 0.3) is 0 Å². The molecule has 2 aromatic rings. The van der Waals surface area contributed by atoms with Gasteiger partial charge in [0.2, 0.25) is 10.0 Å². The minimum atomic E-state index is -4.02. The van der Waals surface area contributed by atoms with Crippen LogP contribution in [0.1, 0.15) is 30.7 Å². The van der Waals surface area contributed by atoms with Crippen molar-refractivity contribution in [1.29, 1.82) is 0 Å². The van der Waals surface area contributed by atoms with E-state index in [2.05, 4.69) is 0 Å². The second kappa shape index (κ2) is 7.40. The molecular formula is C18H18ClF2NO2S. The molecular weight excluding hydrogens is 368 g/mol. The van der Waals surface area contributed by atoms with Gasteiger partial charge in [-0.05, 0) is 48.6 Å². The molecule has 3 rings (SSSR count). The molecule has 0 aliphatic carbocycles. The van der Waals surface area contributed by atoms with Crippen molar-refractivity contribution in [3.8, 4) is 0 Å². The fraction of sp³-hybridized carbons (Fsp3) is 0.333. The van der Waals surface area contributed by atoms with Crippen molar-refractivity contribution >= 4 is 21.6 Å². The Morgan fingerprint density at radius 1 is 1.04 bits per heavy atom. The summed E-state index contributed by atoms with van der Waals surface area (Å²) in [5.74, 6) is -1.85. The van der Waals surface area contributed by atoms with Crippen LogP contribution in [0.5, 0.6) is 0 Å². The Balaban J connectivity index is 1.90. The van der Waals surface area contributed by atoms with E-state index >= 15 is 0 Å². The van der Waals surface area contributed by atoms with Gasteiger partial charge in [-0.15, -0.1) is 0 Å². The van der Waals surface area contributed by atoms with Crippen LogP contribution < -0.4 is 0 Å². The molecule has 0 amide bonds. The van der Waals surface area contributed by atoms with E-state index in [-0.39, 0.29) is 12.5 Å². The summed E-state index contributed by atoms with van der Waals surface area (Å²) in [6.07, 6.45) is 2.43. The zero-order valence-corrected chi connectivity index (χ0v) is 15.0. The molecule has 2 aromatic carbocycles. The molecule has 7 heteroatoms. The fourth-order valence-corrected chi connectivity index (χ4v) is 4.85. The molecule has 25 heavy (non-hydrogen) atoms. The van der Waals surface area contributed by atoms with E-state index in [4.69, 9.17) is 11.6 Å². The van der Waals surface area contributed by atoms with Gasteiger partial charge >= 0.3 is 0 Å². The van der Waals surface area contributed by atoms with Gasteiger partial charge in [-0.25, -0.2) is 17.2 Å². The van der Waals surface area contributed by atoms with Crippen molar-refractivity contribution in [1.82, 2.24) is 4.31 Å². The minimum Gasteiger partial charge on any atom is -0.207 e. The molecule has 134 valence electrons. The molecule has 0 saturated carbocycles. The van der Waals surface area contributed by atoms with E-state index in [9.17, 15) is 17.2 Å². The maximum atomic E-state index is 14.0. The fourth-order valence-electron chi connectivity index (χ4n) is 3.16. The van der Waals surface area contributed by atoms with Crippen LogP contribution in [0.4, 0.5) is 8.78 Å². The number of hydrogen-bond acceptors (Lipinski definition) is 2. The first kappa shape index (κ1) is 18.3. The van der Waals surface area contributed by atoms with E-state index in [0.29, 0.717) is 24.1 Å². The monoisotopic (exact) mass is 385 g/mol. The predicted molar refractivity (Wildman–Crippen MR) is 93.2 cm³/mol. The van der Waals surface area contributed by atoms with Crippen molar-refractivity contribution in [2.75, 3.05) is 13.1 Å². The summed E-state index contributed by atoms with van der Waals surface area (Å²) < 4.78 is 54.1. The molecule has 3 nitrogen and oxygen atoms in total. The Morgan fingerprint density at radius 3 is 2.44 bits per heavy atom. The summed E-state index contributed by atoms with van der Waals surface area (Å²) in [7, 11) is -4.02. The van der Waals surface area contributed by atoms with Crippen LogP contribution in [-0.4, -0.2) is 25.8 Å². The minimum absolute atomic E-state index is 0.0121. The normalized spacial score (nSPS) is 19.6. The third kappa shape index (κ3) is 4.02. The Bertz CT molecular complexity index is 856. The van der Waals surface area contributed by atoms with Crippen molar-refractivity contribution in [2.45, 2.75) is 30.1 Å². The SMILES string of the molecule is O=S(=O)(c1ccc(F)cc1F)N1CCCCC(c2ccc(Cl)cc2)C1. The van der Waals surface area contributed by atoms with Gasteiger partial charge in [0, 0.05) is 24.2 Å². The smallest absolute Gasteiger partial charge is 0.207 e. The maximum absolute atomic E-state index is 14.0. The second-order valence-corrected chi connectivity index (χ2v) is 8.52. The lowest BCUT2D eigenvalue weighted by atomic mass is 9.95. The van der Waals surface area contributed by atoms with Crippen LogP contribution in [0.2, 0.25) is 5.02 Å². The van der Waals surface area contributed by atoms with Crippen molar-refractivity contribution in [3.63, 3.8) is 0 Å². The molecule has 1 heterocycles. The average Bonchev–Trinajstić information content (AvgIpc) is 2.82. The Labute approximate surface area is 151 Å². The lowest BCUT2D eigenvalue weighted by Crippen LogP contribution is -2.34. The first-order valence-corrected chi connectivity index (χ1v) is 9.90. The summed E-state index contributed by atoms with van der Waals surface area (Å²) in [6.45, 7) is 0.587. The number of rotatable bonds is 3. The van der Waals surface area contributed by atoms with Gasteiger partial charge in [0.05, 0.1) is 0 Å². The number of nitrogens with zero attached hydrogens (tertiary/aromatic N) is 1. The Kier molecular flexibility index (Phi) is 5.41. The highest BCUT2D eigenvalue weighted by molar-refractivity contribution is 7.89. The first-order valence-electron chi connectivity index (χ1n) is 8.08. The van der Waals surface area contributed by atoms with Crippen LogP contribution in [0.15, 0.2) is 47.4 Å². The zero-order valence-electron chi connectivity index (χ0n) is 13.5. The first-order chi connectivity index (χ1) is 11.9. The predicted octanol–water partition coefficient (Wildman–Crippen LogP) is 4.58. The van der Waals surface area contributed by atoms with Gasteiger partial charge < -0.3 is 0 Å². The van der Waals surface area contributed by atoms with Gasteiger partial charge in [-0.1, -0.05) is 30.2 Å². The van der Waals surface area contributed by atoms with Gasteiger partial charge in [-0.3, -0.25) is 0 Å². The lowest BCUT2D eigenvalue weighted by Gasteiger charge is -2.24. The summed E-state index contributed by atoms with van der Waals surface area (Å²) >= 11 is 5.92. The number of hydrogen-bond donors (Lipinski definition) is 0. The summed E-state index contributed by atoms with van der Waals surface area (Å²) in [5, 5.41) is 0.621. The van der Waals surface area contributed by atoms with Crippen molar-refractivity contribution in [2.24, 2.45) is 0 Å². The second-order valence-electron chi connectivity index (χ2n) is 6.18. The van der Waals surface area contributed by atoms with E-state index in [1.807, 2.05) is 12.1 Å². The molecule has 1 fully saturated rings. The van der Waals surface area contributed by atoms with Gasteiger partial charge in [-0.2, -0.15) is 4.31 Å². The molecule has 0 aromatic heterocycles. The third-order valence-electron chi connectivity index (χ3n) is 4.49. The topological polar surface area (TPSA) is 37.4 Å². The molecule has 1 saturated heterocycles. The van der Waals surface area contributed by atoms with Crippen LogP contribution in [0, 0.1) is 11.6 Å². The quantitative estimate of drug-likeness (QED) is 0.775. The Morgan fingerprint density at radius 2 is 1.76 bits per heavy atom. The summed E-state index contributed by atoms with van der Waals surface area (Å²) in [6, 6.07) is 9.89.